The van der Waals surface area contributed by atoms with Crippen LogP contribution in [0, 0.1) is 0 Å². The second kappa shape index (κ2) is 10.8. The Labute approximate surface area is 188 Å². The Morgan fingerprint density at radius 3 is 2.09 bits per heavy atom. The van der Waals surface area contributed by atoms with Crippen LogP contribution in [0.25, 0.3) is 17.2 Å². The Bertz CT molecular complexity index is 959. The zero-order valence-electron chi connectivity index (χ0n) is 19.6. The molecule has 1 aromatic carbocycles. The highest BCUT2D eigenvalue weighted by molar-refractivity contribution is 6.01. The molecule has 0 radical (unpaired) electrons. The molecule has 1 aromatic heterocycles. The minimum absolute atomic E-state index is 0.0539. The van der Waals surface area contributed by atoms with Gasteiger partial charge in [-0.05, 0) is 42.9 Å². The van der Waals surface area contributed by atoms with Crippen molar-refractivity contribution in [1.29, 1.82) is 0 Å². The van der Waals surface area contributed by atoms with Crippen LogP contribution in [0.4, 0.5) is 13.2 Å². The number of hydrogen-bond acceptors (Lipinski definition) is 3. The summed E-state index contributed by atoms with van der Waals surface area (Å²) in [6.07, 6.45) is 1.30. The molecule has 0 saturated heterocycles. The van der Waals surface area contributed by atoms with Crippen LogP contribution in [0.15, 0.2) is 30.3 Å². The molecule has 0 amide bonds. The molecule has 0 unspecified atom stereocenters. The van der Waals surface area contributed by atoms with Crippen molar-refractivity contribution in [2.75, 3.05) is 6.61 Å². The monoisotopic (exact) mass is 447 g/mol. The summed E-state index contributed by atoms with van der Waals surface area (Å²) in [4.78, 5) is 18.0. The van der Waals surface area contributed by atoms with Crippen LogP contribution < -0.4 is 0 Å². The summed E-state index contributed by atoms with van der Waals surface area (Å²) in [6.45, 7) is 11.9. The van der Waals surface area contributed by atoms with E-state index in [1.54, 1.807) is 6.92 Å². The molecule has 0 spiro atoms. The number of hydrogen-bond donors (Lipinski definition) is 0. The summed E-state index contributed by atoms with van der Waals surface area (Å²) in [7, 11) is 0. The molecule has 0 bridgehead atoms. The topological polar surface area (TPSA) is 39.2 Å². The maximum Gasteiger partial charge on any atom is 0.416 e. The maximum absolute atomic E-state index is 13.2. The first kappa shape index (κ1) is 25.6. The lowest BCUT2D eigenvalue weighted by Crippen LogP contribution is -2.16. The Balaban J connectivity index is 2.95. The number of aromatic nitrogens is 1. The highest BCUT2D eigenvalue weighted by Gasteiger charge is 2.31. The standard InChI is InChI=1S/C26H32F3NO2/c1-7-9-10-11-20-21(18-12-14-19(15-13-18)26(27,28)29)22(25(31)32-8-2)24(17(5)6)30-23(20)16(3)4/h10-17H,7-9H2,1-6H3/b11-10+. The lowest BCUT2D eigenvalue weighted by Gasteiger charge is -2.23. The molecule has 174 valence electrons. The second-order valence-electron chi connectivity index (χ2n) is 8.34. The second-order valence-corrected chi connectivity index (χ2v) is 8.34. The number of nitrogens with zero attached hydrogens (tertiary/aromatic N) is 1. The number of alkyl halides is 3. The number of allylic oxidation sites excluding steroid dienone is 1. The molecule has 0 aliphatic carbocycles. The smallest absolute Gasteiger partial charge is 0.416 e. The van der Waals surface area contributed by atoms with Crippen LogP contribution in [-0.4, -0.2) is 17.6 Å². The van der Waals surface area contributed by atoms with E-state index >= 15 is 0 Å². The minimum atomic E-state index is -4.43. The first-order chi connectivity index (χ1) is 15.0. The Hall–Kier alpha value is -2.63. The van der Waals surface area contributed by atoms with E-state index in [0.29, 0.717) is 22.4 Å². The molecule has 0 N–H and O–H groups in total. The summed E-state index contributed by atoms with van der Waals surface area (Å²) in [6, 6.07) is 4.95. The van der Waals surface area contributed by atoms with Crippen LogP contribution in [0.5, 0.6) is 0 Å². The Morgan fingerprint density at radius 2 is 1.62 bits per heavy atom. The molecule has 0 atom stereocenters. The molecule has 0 aliphatic rings. The highest BCUT2D eigenvalue weighted by atomic mass is 19.4. The van der Waals surface area contributed by atoms with Gasteiger partial charge in [0.1, 0.15) is 0 Å². The summed E-state index contributed by atoms with van der Waals surface area (Å²) in [5.41, 5.74) is 2.85. The Kier molecular flexibility index (Phi) is 8.65. The van der Waals surface area contributed by atoms with E-state index in [0.717, 1.165) is 36.2 Å². The number of ether oxygens (including phenoxy) is 1. The van der Waals surface area contributed by atoms with Crippen molar-refractivity contribution in [2.45, 2.75) is 72.4 Å². The molecular formula is C26H32F3NO2. The van der Waals surface area contributed by atoms with E-state index < -0.39 is 17.7 Å². The summed E-state index contributed by atoms with van der Waals surface area (Å²) >= 11 is 0. The van der Waals surface area contributed by atoms with Crippen molar-refractivity contribution in [3.8, 4) is 11.1 Å². The third kappa shape index (κ3) is 5.78. The molecule has 2 rings (SSSR count). The van der Waals surface area contributed by atoms with Crippen molar-refractivity contribution >= 4 is 12.0 Å². The van der Waals surface area contributed by atoms with Gasteiger partial charge >= 0.3 is 12.1 Å². The van der Waals surface area contributed by atoms with Crippen LogP contribution in [0.3, 0.4) is 0 Å². The van der Waals surface area contributed by atoms with E-state index in [1.165, 1.54) is 12.1 Å². The zero-order chi connectivity index (χ0) is 24.1. The van der Waals surface area contributed by atoms with Crippen LogP contribution >= 0.6 is 0 Å². The first-order valence-corrected chi connectivity index (χ1v) is 11.1. The number of halogens is 3. The van der Waals surface area contributed by atoms with Crippen LogP contribution in [0.2, 0.25) is 0 Å². The average Bonchev–Trinajstić information content (AvgIpc) is 2.72. The van der Waals surface area contributed by atoms with Gasteiger partial charge in [0.2, 0.25) is 0 Å². The summed E-state index contributed by atoms with van der Waals surface area (Å²) < 4.78 is 44.8. The first-order valence-electron chi connectivity index (χ1n) is 11.1. The van der Waals surface area contributed by atoms with Gasteiger partial charge in [0.05, 0.1) is 29.1 Å². The quantitative estimate of drug-likeness (QED) is 0.385. The molecular weight excluding hydrogens is 415 g/mol. The number of pyridine rings is 1. The van der Waals surface area contributed by atoms with Gasteiger partial charge in [-0.15, -0.1) is 0 Å². The fourth-order valence-corrected chi connectivity index (χ4v) is 3.57. The van der Waals surface area contributed by atoms with Gasteiger partial charge in [0, 0.05) is 11.1 Å². The van der Waals surface area contributed by atoms with Gasteiger partial charge in [-0.1, -0.05) is 65.3 Å². The highest BCUT2D eigenvalue weighted by Crippen LogP contribution is 2.39. The van der Waals surface area contributed by atoms with E-state index in [1.807, 2.05) is 39.8 Å². The van der Waals surface area contributed by atoms with E-state index in [-0.39, 0.29) is 18.4 Å². The maximum atomic E-state index is 13.2. The lowest BCUT2D eigenvalue weighted by molar-refractivity contribution is -0.137. The Morgan fingerprint density at radius 1 is 1.03 bits per heavy atom. The zero-order valence-corrected chi connectivity index (χ0v) is 19.6. The molecule has 0 fully saturated rings. The summed E-state index contributed by atoms with van der Waals surface area (Å²) in [5, 5.41) is 0. The van der Waals surface area contributed by atoms with Crippen LogP contribution in [-0.2, 0) is 10.9 Å². The van der Waals surface area contributed by atoms with Gasteiger partial charge in [-0.2, -0.15) is 13.2 Å². The largest absolute Gasteiger partial charge is 0.462 e. The van der Waals surface area contributed by atoms with Gasteiger partial charge in [0.25, 0.3) is 0 Å². The van der Waals surface area contributed by atoms with Crippen molar-refractivity contribution in [3.05, 3.63) is 58.4 Å². The van der Waals surface area contributed by atoms with Crippen molar-refractivity contribution in [1.82, 2.24) is 4.98 Å². The minimum Gasteiger partial charge on any atom is -0.462 e. The molecule has 0 saturated carbocycles. The van der Waals surface area contributed by atoms with Gasteiger partial charge < -0.3 is 4.74 Å². The third-order valence-electron chi connectivity index (χ3n) is 5.11. The molecule has 3 nitrogen and oxygen atoms in total. The van der Waals surface area contributed by atoms with Gasteiger partial charge in [-0.3, -0.25) is 4.98 Å². The molecule has 0 aliphatic heterocycles. The average molecular weight is 448 g/mol. The van der Waals surface area contributed by atoms with E-state index in [9.17, 15) is 18.0 Å². The predicted molar refractivity (Wildman–Crippen MR) is 123 cm³/mol. The van der Waals surface area contributed by atoms with E-state index in [4.69, 9.17) is 9.72 Å². The van der Waals surface area contributed by atoms with E-state index in [2.05, 4.69) is 6.92 Å². The number of benzene rings is 1. The number of esters is 1. The summed E-state index contributed by atoms with van der Waals surface area (Å²) in [5.74, 6) is -0.536. The fraction of sp³-hybridized carbons (Fsp3) is 0.462. The molecule has 1 heterocycles. The lowest BCUT2D eigenvalue weighted by atomic mass is 9.86. The number of rotatable bonds is 8. The predicted octanol–water partition coefficient (Wildman–Crippen LogP) is 8.00. The van der Waals surface area contributed by atoms with Gasteiger partial charge in [-0.25, -0.2) is 4.79 Å². The number of unbranched alkanes of at least 4 members (excludes halogenated alkanes) is 1. The van der Waals surface area contributed by atoms with Crippen LogP contribution in [0.1, 0.15) is 99.1 Å². The molecule has 32 heavy (non-hydrogen) atoms. The number of carbonyl (C=O) groups excluding carboxylic acids is 1. The van der Waals surface area contributed by atoms with Gasteiger partial charge in [0.15, 0.2) is 0 Å². The molecule has 6 heteroatoms. The van der Waals surface area contributed by atoms with Crippen molar-refractivity contribution in [3.63, 3.8) is 0 Å². The van der Waals surface area contributed by atoms with Crippen molar-refractivity contribution < 1.29 is 22.7 Å². The molecule has 2 aromatic rings. The number of carbonyl (C=O) groups is 1. The third-order valence-corrected chi connectivity index (χ3v) is 5.11. The van der Waals surface area contributed by atoms with Crippen molar-refractivity contribution in [2.24, 2.45) is 0 Å². The normalized spacial score (nSPS) is 12.2. The fourth-order valence-electron chi connectivity index (χ4n) is 3.57. The SMILES string of the molecule is CCC/C=C/c1c(C(C)C)nc(C(C)C)c(C(=O)OCC)c1-c1ccc(C(F)(F)F)cc1.